The van der Waals surface area contributed by atoms with Gasteiger partial charge in [0.15, 0.2) is 0 Å². The number of anilines is 2. The Morgan fingerprint density at radius 2 is 1.79 bits per heavy atom. The van der Waals surface area contributed by atoms with E-state index in [-0.39, 0.29) is 10.8 Å². The van der Waals surface area contributed by atoms with Crippen molar-refractivity contribution in [2.75, 3.05) is 16.2 Å². The van der Waals surface area contributed by atoms with E-state index in [1.54, 1.807) is 66.9 Å². The van der Waals surface area contributed by atoms with Gasteiger partial charge in [0.2, 0.25) is 0 Å². The maximum Gasteiger partial charge on any atom is 0.274 e. The molecule has 0 fully saturated rings. The summed E-state index contributed by atoms with van der Waals surface area (Å²) in [6, 6.07) is 18.9. The van der Waals surface area contributed by atoms with Gasteiger partial charge in [0.1, 0.15) is 5.69 Å². The van der Waals surface area contributed by atoms with Crippen LogP contribution in [0.25, 0.3) is 0 Å². The van der Waals surface area contributed by atoms with Crippen molar-refractivity contribution in [3.05, 3.63) is 84.2 Å². The largest absolute Gasteiger partial charge is 0.321 e. The zero-order valence-corrected chi connectivity index (χ0v) is 15.9. The molecule has 4 rings (SSSR count). The van der Waals surface area contributed by atoms with Gasteiger partial charge >= 0.3 is 0 Å². The number of hydrogen-bond acceptors (Lipinski definition) is 4. The van der Waals surface area contributed by atoms with Crippen LogP contribution in [-0.4, -0.2) is 25.9 Å². The van der Waals surface area contributed by atoms with Crippen molar-refractivity contribution < 1.29 is 13.2 Å². The van der Waals surface area contributed by atoms with E-state index in [0.717, 1.165) is 18.4 Å². The minimum Gasteiger partial charge on any atom is -0.321 e. The summed E-state index contributed by atoms with van der Waals surface area (Å²) in [5.74, 6) is -0.339. The lowest BCUT2D eigenvalue weighted by molar-refractivity contribution is 0.102. The lowest BCUT2D eigenvalue weighted by Gasteiger charge is -2.31. The van der Waals surface area contributed by atoms with Gasteiger partial charge in [-0.15, -0.1) is 0 Å². The average molecular weight is 393 g/mol. The highest BCUT2D eigenvalue weighted by Gasteiger charge is 2.29. The summed E-state index contributed by atoms with van der Waals surface area (Å²) in [6.45, 7) is 0.405. The molecule has 3 aromatic rings. The molecular formula is C21H19N3O3S. The van der Waals surface area contributed by atoms with Crippen molar-refractivity contribution in [1.29, 1.82) is 0 Å². The molecule has 2 aromatic carbocycles. The second kappa shape index (κ2) is 7.44. The fourth-order valence-electron chi connectivity index (χ4n) is 3.28. The topological polar surface area (TPSA) is 79.4 Å². The lowest BCUT2D eigenvalue weighted by Crippen LogP contribution is -2.35. The molecule has 142 valence electrons. The summed E-state index contributed by atoms with van der Waals surface area (Å²) in [6.07, 6.45) is 3.10. The van der Waals surface area contributed by atoms with Crippen LogP contribution in [0.4, 0.5) is 11.4 Å². The number of carbonyl (C=O) groups is 1. The Morgan fingerprint density at radius 1 is 1.00 bits per heavy atom. The summed E-state index contributed by atoms with van der Waals surface area (Å²) in [5.41, 5.74) is 2.38. The number of fused-ring (bicyclic) bond motifs is 1. The molecule has 1 aliphatic heterocycles. The van der Waals surface area contributed by atoms with E-state index in [1.165, 1.54) is 4.31 Å². The second-order valence-corrected chi connectivity index (χ2v) is 8.37. The Hall–Kier alpha value is -3.19. The third kappa shape index (κ3) is 3.48. The maximum absolute atomic E-state index is 13.1. The molecule has 0 unspecified atom stereocenters. The van der Waals surface area contributed by atoms with Gasteiger partial charge in [-0.2, -0.15) is 0 Å². The number of hydrogen-bond donors (Lipinski definition) is 1. The van der Waals surface area contributed by atoms with E-state index in [4.69, 9.17) is 0 Å². The van der Waals surface area contributed by atoms with Gasteiger partial charge in [-0.25, -0.2) is 8.42 Å². The number of aromatic nitrogens is 1. The SMILES string of the molecule is O=C(Nc1ccc2c(c1)N(S(=O)(=O)c1ccccc1)CCC2)c1ccccn1. The fourth-order valence-corrected chi connectivity index (χ4v) is 4.83. The third-order valence-corrected chi connectivity index (χ3v) is 6.48. The molecule has 0 spiro atoms. The molecule has 1 aromatic heterocycles. The number of benzene rings is 2. The van der Waals surface area contributed by atoms with Crippen molar-refractivity contribution in [2.45, 2.75) is 17.7 Å². The van der Waals surface area contributed by atoms with Crippen LogP contribution in [0.1, 0.15) is 22.5 Å². The number of amides is 1. The summed E-state index contributed by atoms with van der Waals surface area (Å²) in [4.78, 5) is 16.7. The number of aryl methyl sites for hydroxylation is 1. The molecule has 1 aliphatic rings. The molecule has 7 heteroatoms. The van der Waals surface area contributed by atoms with E-state index >= 15 is 0 Å². The molecule has 0 atom stereocenters. The Labute approximate surface area is 163 Å². The smallest absolute Gasteiger partial charge is 0.274 e. The molecule has 1 amide bonds. The number of pyridine rings is 1. The molecule has 1 N–H and O–H groups in total. The van der Waals surface area contributed by atoms with Gasteiger partial charge in [-0.3, -0.25) is 14.1 Å². The zero-order valence-electron chi connectivity index (χ0n) is 15.1. The molecular weight excluding hydrogens is 374 g/mol. The van der Waals surface area contributed by atoms with Gasteiger partial charge < -0.3 is 5.32 Å². The van der Waals surface area contributed by atoms with Gasteiger partial charge in [-0.1, -0.05) is 30.3 Å². The van der Waals surface area contributed by atoms with E-state index in [2.05, 4.69) is 10.3 Å². The molecule has 2 heterocycles. The Morgan fingerprint density at radius 3 is 2.54 bits per heavy atom. The predicted molar refractivity (Wildman–Crippen MR) is 108 cm³/mol. The van der Waals surface area contributed by atoms with Crippen molar-refractivity contribution in [2.24, 2.45) is 0 Å². The summed E-state index contributed by atoms with van der Waals surface area (Å²) in [7, 11) is -3.66. The van der Waals surface area contributed by atoms with E-state index in [9.17, 15) is 13.2 Å². The van der Waals surface area contributed by atoms with E-state index in [0.29, 0.717) is 23.6 Å². The summed E-state index contributed by atoms with van der Waals surface area (Å²) in [5, 5.41) is 2.80. The van der Waals surface area contributed by atoms with Crippen LogP contribution >= 0.6 is 0 Å². The van der Waals surface area contributed by atoms with Crippen LogP contribution in [-0.2, 0) is 16.4 Å². The number of nitrogens with one attached hydrogen (secondary N) is 1. The maximum atomic E-state index is 13.1. The Bertz CT molecular complexity index is 1100. The van der Waals surface area contributed by atoms with Gasteiger partial charge in [0.05, 0.1) is 10.6 Å². The monoisotopic (exact) mass is 393 g/mol. The second-order valence-electron chi connectivity index (χ2n) is 6.51. The van der Waals surface area contributed by atoms with Crippen LogP contribution in [0.5, 0.6) is 0 Å². The van der Waals surface area contributed by atoms with E-state index < -0.39 is 10.0 Å². The number of nitrogens with zero attached hydrogens (tertiary/aromatic N) is 2. The first-order valence-electron chi connectivity index (χ1n) is 8.99. The van der Waals surface area contributed by atoms with Crippen molar-refractivity contribution in [3.63, 3.8) is 0 Å². The highest BCUT2D eigenvalue weighted by molar-refractivity contribution is 7.92. The average Bonchev–Trinajstić information content (AvgIpc) is 2.74. The van der Waals surface area contributed by atoms with Crippen LogP contribution in [0.15, 0.2) is 77.8 Å². The molecule has 0 bridgehead atoms. The first-order valence-corrected chi connectivity index (χ1v) is 10.4. The standard InChI is InChI=1S/C21H19N3O3S/c25-21(19-10-4-5-13-22-19)23-17-12-11-16-7-6-14-24(20(16)15-17)28(26,27)18-8-2-1-3-9-18/h1-5,8-13,15H,6-7,14H2,(H,23,25). The molecule has 0 saturated carbocycles. The Balaban J connectivity index is 1.67. The normalized spacial score (nSPS) is 13.6. The fraction of sp³-hybridized carbons (Fsp3) is 0.143. The number of carbonyl (C=O) groups excluding carboxylic acids is 1. The number of sulfonamides is 1. The predicted octanol–water partition coefficient (Wildman–Crippen LogP) is 3.48. The molecule has 6 nitrogen and oxygen atoms in total. The minimum absolute atomic E-state index is 0.255. The molecule has 0 radical (unpaired) electrons. The lowest BCUT2D eigenvalue weighted by atomic mass is 10.0. The molecule has 28 heavy (non-hydrogen) atoms. The van der Waals surface area contributed by atoms with E-state index in [1.807, 2.05) is 6.07 Å². The third-order valence-electron chi connectivity index (χ3n) is 4.65. The highest BCUT2D eigenvalue weighted by atomic mass is 32.2. The highest BCUT2D eigenvalue weighted by Crippen LogP contribution is 2.34. The van der Waals surface area contributed by atoms with Gasteiger partial charge in [0.25, 0.3) is 15.9 Å². The minimum atomic E-state index is -3.66. The molecule has 0 saturated heterocycles. The van der Waals surface area contributed by atoms with Gasteiger partial charge in [0, 0.05) is 18.4 Å². The van der Waals surface area contributed by atoms with Crippen LogP contribution in [0, 0.1) is 0 Å². The Kier molecular flexibility index (Phi) is 4.83. The van der Waals surface area contributed by atoms with Crippen LogP contribution in [0.3, 0.4) is 0 Å². The molecule has 0 aliphatic carbocycles. The van der Waals surface area contributed by atoms with Crippen LogP contribution < -0.4 is 9.62 Å². The number of rotatable bonds is 4. The van der Waals surface area contributed by atoms with Crippen molar-refractivity contribution in [3.8, 4) is 0 Å². The first kappa shape index (κ1) is 18.2. The summed E-state index contributed by atoms with van der Waals surface area (Å²) < 4.78 is 27.7. The van der Waals surface area contributed by atoms with Gasteiger partial charge in [-0.05, 0) is 54.8 Å². The zero-order chi connectivity index (χ0) is 19.6. The summed E-state index contributed by atoms with van der Waals surface area (Å²) >= 11 is 0. The van der Waals surface area contributed by atoms with Crippen molar-refractivity contribution in [1.82, 2.24) is 4.98 Å². The van der Waals surface area contributed by atoms with Crippen LogP contribution in [0.2, 0.25) is 0 Å². The quantitative estimate of drug-likeness (QED) is 0.736. The first-order chi connectivity index (χ1) is 13.6. The van der Waals surface area contributed by atoms with Crippen molar-refractivity contribution >= 4 is 27.3 Å².